The Hall–Kier alpha value is 0.270. The molecule has 0 radical (unpaired) electrons. The van der Waals surface area contributed by atoms with Gasteiger partial charge in [0.15, 0.2) is 0 Å². The van der Waals surface area contributed by atoms with Crippen LogP contribution in [-0.2, 0) is 0 Å². The van der Waals surface area contributed by atoms with Crippen LogP contribution in [0.15, 0.2) is 0 Å². The minimum absolute atomic E-state index is 0.336. The van der Waals surface area contributed by atoms with Crippen molar-refractivity contribution in [2.45, 2.75) is 25.7 Å². The summed E-state index contributed by atoms with van der Waals surface area (Å²) in [5.74, 6) is 0.833. The average molecular weight is 177 g/mol. The van der Waals surface area contributed by atoms with Crippen LogP contribution in [0.25, 0.3) is 0 Å². The van der Waals surface area contributed by atoms with E-state index in [9.17, 15) is 0 Å². The second kappa shape index (κ2) is 8.37. The highest BCUT2D eigenvalue weighted by Gasteiger charge is 1.93. The summed E-state index contributed by atoms with van der Waals surface area (Å²) in [5.41, 5.74) is 0. The Balaban J connectivity index is 2.89. The van der Waals surface area contributed by atoms with Gasteiger partial charge in [-0.1, -0.05) is 12.8 Å². The molecule has 0 unspecified atom stereocenters. The molecule has 11 heavy (non-hydrogen) atoms. The van der Waals surface area contributed by atoms with Gasteiger partial charge in [0, 0.05) is 12.5 Å². The summed E-state index contributed by atoms with van der Waals surface area (Å²) in [4.78, 5) is 2.18. The lowest BCUT2D eigenvalue weighted by molar-refractivity contribution is 0.280. The SMILES string of the molecule is CN(CS)CCCCCCO. The predicted molar refractivity (Wildman–Crippen MR) is 52.0 cm³/mol. The van der Waals surface area contributed by atoms with Crippen molar-refractivity contribution in [1.29, 1.82) is 0 Å². The van der Waals surface area contributed by atoms with Gasteiger partial charge in [0.25, 0.3) is 0 Å². The first-order valence-corrected chi connectivity index (χ1v) is 4.84. The van der Waals surface area contributed by atoms with E-state index in [0.717, 1.165) is 25.3 Å². The lowest BCUT2D eigenvalue weighted by Crippen LogP contribution is -2.17. The Kier molecular flexibility index (Phi) is 8.57. The van der Waals surface area contributed by atoms with Crippen molar-refractivity contribution in [3.05, 3.63) is 0 Å². The van der Waals surface area contributed by atoms with Crippen LogP contribution in [0.2, 0.25) is 0 Å². The predicted octanol–water partition coefficient (Wildman–Crippen LogP) is 1.36. The topological polar surface area (TPSA) is 23.5 Å². The standard InChI is InChI=1S/C8H19NOS/c1-9(8-11)6-4-2-3-5-7-10/h10-11H,2-8H2,1H3. The van der Waals surface area contributed by atoms with Crippen LogP contribution in [0.3, 0.4) is 0 Å². The molecule has 0 saturated heterocycles. The monoisotopic (exact) mass is 177 g/mol. The maximum atomic E-state index is 8.50. The highest BCUT2D eigenvalue weighted by Crippen LogP contribution is 2.00. The quantitative estimate of drug-likeness (QED) is 0.348. The van der Waals surface area contributed by atoms with E-state index in [1.54, 1.807) is 0 Å². The Morgan fingerprint density at radius 3 is 2.36 bits per heavy atom. The number of aliphatic hydroxyl groups is 1. The second-order valence-electron chi connectivity index (χ2n) is 2.86. The average Bonchev–Trinajstić information content (AvgIpc) is 2.04. The van der Waals surface area contributed by atoms with Crippen LogP contribution >= 0.6 is 12.6 Å². The fourth-order valence-corrected chi connectivity index (χ4v) is 1.06. The maximum absolute atomic E-state index is 8.50. The molecular formula is C8H19NOS. The molecule has 0 bridgehead atoms. The van der Waals surface area contributed by atoms with Crippen LogP contribution in [0, 0.1) is 0 Å². The highest BCUT2D eigenvalue weighted by atomic mass is 32.1. The van der Waals surface area contributed by atoms with Crippen LogP contribution in [-0.4, -0.2) is 36.1 Å². The summed E-state index contributed by atoms with van der Waals surface area (Å²) in [7, 11) is 2.07. The Labute approximate surface area is 75.0 Å². The number of thiol groups is 1. The van der Waals surface area contributed by atoms with Gasteiger partial charge in [-0.2, -0.15) is 12.6 Å². The van der Waals surface area contributed by atoms with Crippen LogP contribution in [0.4, 0.5) is 0 Å². The zero-order valence-corrected chi connectivity index (χ0v) is 8.19. The van der Waals surface area contributed by atoms with Gasteiger partial charge in [0.1, 0.15) is 0 Å². The molecule has 0 aromatic rings. The minimum atomic E-state index is 0.336. The molecule has 0 atom stereocenters. The number of nitrogens with zero attached hydrogens (tertiary/aromatic N) is 1. The van der Waals surface area contributed by atoms with Gasteiger partial charge in [-0.05, 0) is 26.4 Å². The molecule has 2 nitrogen and oxygen atoms in total. The van der Waals surface area contributed by atoms with Gasteiger partial charge in [-0.25, -0.2) is 0 Å². The fraction of sp³-hybridized carbons (Fsp3) is 1.00. The first kappa shape index (κ1) is 11.3. The first-order valence-electron chi connectivity index (χ1n) is 4.21. The molecule has 0 rings (SSSR count). The molecule has 0 amide bonds. The Bertz CT molecular complexity index is 80.5. The normalized spacial score (nSPS) is 10.9. The van der Waals surface area contributed by atoms with E-state index in [1.165, 1.54) is 12.8 Å². The fourth-order valence-electron chi connectivity index (χ4n) is 0.918. The molecule has 3 heteroatoms. The third kappa shape index (κ3) is 8.17. The second-order valence-corrected chi connectivity index (χ2v) is 3.14. The van der Waals surface area contributed by atoms with E-state index in [0.29, 0.717) is 6.61 Å². The molecular weight excluding hydrogens is 158 g/mol. The van der Waals surface area contributed by atoms with Gasteiger partial charge >= 0.3 is 0 Å². The molecule has 1 N–H and O–H groups in total. The maximum Gasteiger partial charge on any atom is 0.0431 e. The van der Waals surface area contributed by atoms with E-state index in [4.69, 9.17) is 5.11 Å². The zero-order chi connectivity index (χ0) is 8.53. The molecule has 0 aliphatic carbocycles. The van der Waals surface area contributed by atoms with Crippen molar-refractivity contribution in [3.63, 3.8) is 0 Å². The summed E-state index contributed by atoms with van der Waals surface area (Å²) < 4.78 is 0. The smallest absolute Gasteiger partial charge is 0.0431 e. The van der Waals surface area contributed by atoms with E-state index in [2.05, 4.69) is 24.6 Å². The van der Waals surface area contributed by atoms with Crippen LogP contribution < -0.4 is 0 Å². The van der Waals surface area contributed by atoms with E-state index < -0.39 is 0 Å². The summed E-state index contributed by atoms with van der Waals surface area (Å²) in [6.07, 6.45) is 4.54. The van der Waals surface area contributed by atoms with Crippen molar-refractivity contribution >= 4 is 12.6 Å². The molecule has 0 aliphatic heterocycles. The Morgan fingerprint density at radius 1 is 1.18 bits per heavy atom. The van der Waals surface area contributed by atoms with E-state index >= 15 is 0 Å². The Morgan fingerprint density at radius 2 is 1.82 bits per heavy atom. The highest BCUT2D eigenvalue weighted by molar-refractivity contribution is 7.80. The number of aliphatic hydroxyl groups excluding tert-OH is 1. The van der Waals surface area contributed by atoms with Gasteiger partial charge < -0.3 is 5.11 Å². The van der Waals surface area contributed by atoms with Crippen LogP contribution in [0.1, 0.15) is 25.7 Å². The molecule has 0 fully saturated rings. The van der Waals surface area contributed by atoms with E-state index in [-0.39, 0.29) is 0 Å². The number of hydrogen-bond acceptors (Lipinski definition) is 3. The lowest BCUT2D eigenvalue weighted by Gasteiger charge is -2.11. The number of unbranched alkanes of at least 4 members (excludes halogenated alkanes) is 3. The van der Waals surface area contributed by atoms with Crippen molar-refractivity contribution in [1.82, 2.24) is 4.90 Å². The summed E-state index contributed by atoms with van der Waals surface area (Å²) in [5, 5.41) is 8.50. The van der Waals surface area contributed by atoms with Crippen LogP contribution in [0.5, 0.6) is 0 Å². The molecule has 0 heterocycles. The van der Waals surface area contributed by atoms with Gasteiger partial charge in [0.2, 0.25) is 0 Å². The van der Waals surface area contributed by atoms with Gasteiger partial charge in [0.05, 0.1) is 0 Å². The van der Waals surface area contributed by atoms with Crippen molar-refractivity contribution in [2.24, 2.45) is 0 Å². The first-order chi connectivity index (χ1) is 5.31. The largest absolute Gasteiger partial charge is 0.396 e. The molecule has 0 spiro atoms. The van der Waals surface area contributed by atoms with Crippen molar-refractivity contribution < 1.29 is 5.11 Å². The van der Waals surface area contributed by atoms with Gasteiger partial charge in [-0.3, -0.25) is 4.90 Å². The molecule has 0 aromatic carbocycles. The third-order valence-electron chi connectivity index (χ3n) is 1.69. The van der Waals surface area contributed by atoms with E-state index in [1.807, 2.05) is 0 Å². The van der Waals surface area contributed by atoms with Crippen molar-refractivity contribution in [3.8, 4) is 0 Å². The van der Waals surface area contributed by atoms with Crippen molar-refractivity contribution in [2.75, 3.05) is 26.1 Å². The number of hydrogen-bond donors (Lipinski definition) is 2. The summed E-state index contributed by atoms with van der Waals surface area (Å²) in [6.45, 7) is 1.46. The zero-order valence-electron chi connectivity index (χ0n) is 7.29. The van der Waals surface area contributed by atoms with Gasteiger partial charge in [-0.15, -0.1) is 0 Å². The molecule has 0 saturated carbocycles. The third-order valence-corrected chi connectivity index (χ3v) is 2.17. The lowest BCUT2D eigenvalue weighted by atomic mass is 10.2. The summed E-state index contributed by atoms with van der Waals surface area (Å²) >= 11 is 4.14. The molecule has 68 valence electrons. The summed E-state index contributed by atoms with van der Waals surface area (Å²) in [6, 6.07) is 0. The number of rotatable bonds is 7. The molecule has 0 aromatic heterocycles. The minimum Gasteiger partial charge on any atom is -0.396 e. The molecule has 0 aliphatic rings.